The third-order valence-corrected chi connectivity index (χ3v) is 7.34. The van der Waals surface area contributed by atoms with Gasteiger partial charge in [0.1, 0.15) is 0 Å². The zero-order valence-electron chi connectivity index (χ0n) is 16.2. The lowest BCUT2D eigenvalue weighted by Gasteiger charge is -2.56. The molecular formula is C22H29N3O2. The van der Waals surface area contributed by atoms with Gasteiger partial charge in [-0.05, 0) is 75.2 Å². The van der Waals surface area contributed by atoms with Crippen LogP contribution in [0, 0.1) is 17.8 Å². The van der Waals surface area contributed by atoms with Gasteiger partial charge in [0.2, 0.25) is 0 Å². The summed E-state index contributed by atoms with van der Waals surface area (Å²) in [7, 11) is 0. The highest BCUT2D eigenvalue weighted by Crippen LogP contribution is 2.60. The van der Waals surface area contributed by atoms with Gasteiger partial charge < -0.3 is 5.11 Å². The van der Waals surface area contributed by atoms with E-state index >= 15 is 0 Å². The zero-order valence-corrected chi connectivity index (χ0v) is 16.2. The molecular weight excluding hydrogens is 338 g/mol. The third kappa shape index (κ3) is 2.86. The lowest BCUT2D eigenvalue weighted by Crippen LogP contribution is -2.49. The van der Waals surface area contributed by atoms with Crippen molar-refractivity contribution in [3.8, 4) is 0 Å². The van der Waals surface area contributed by atoms with E-state index in [0.29, 0.717) is 5.65 Å². The largest absolute Gasteiger partial charge is 0.476 e. The van der Waals surface area contributed by atoms with E-state index in [-0.39, 0.29) is 11.1 Å². The first-order valence-corrected chi connectivity index (χ1v) is 10.7. The number of aromatic carboxylic acids is 1. The van der Waals surface area contributed by atoms with E-state index < -0.39 is 5.97 Å². The summed E-state index contributed by atoms with van der Waals surface area (Å²) >= 11 is 0. The summed E-state index contributed by atoms with van der Waals surface area (Å²) in [4.78, 5) is 16.4. The van der Waals surface area contributed by atoms with Crippen molar-refractivity contribution >= 4 is 11.6 Å². The molecule has 0 atom stereocenters. The smallest absolute Gasteiger partial charge is 0.356 e. The summed E-state index contributed by atoms with van der Waals surface area (Å²) in [6.45, 7) is 2.21. The molecule has 0 saturated heterocycles. The van der Waals surface area contributed by atoms with E-state index in [1.54, 1.807) is 10.6 Å². The predicted octanol–water partition coefficient (Wildman–Crippen LogP) is 4.63. The summed E-state index contributed by atoms with van der Waals surface area (Å²) in [6, 6.07) is 3.92. The van der Waals surface area contributed by atoms with E-state index in [4.69, 9.17) is 4.98 Å². The molecule has 4 saturated carbocycles. The van der Waals surface area contributed by atoms with Crippen molar-refractivity contribution in [1.29, 1.82) is 0 Å². The van der Waals surface area contributed by atoms with Crippen LogP contribution in [-0.2, 0) is 11.8 Å². The Morgan fingerprint density at radius 1 is 1.15 bits per heavy atom. The minimum atomic E-state index is -0.976. The molecule has 0 amide bonds. The van der Waals surface area contributed by atoms with Gasteiger partial charge in [-0.3, -0.25) is 0 Å². The summed E-state index contributed by atoms with van der Waals surface area (Å²) in [5.41, 5.74) is 3.39. The zero-order chi connectivity index (χ0) is 18.6. The molecule has 5 heteroatoms. The highest BCUT2D eigenvalue weighted by molar-refractivity contribution is 5.86. The molecule has 144 valence electrons. The van der Waals surface area contributed by atoms with Gasteiger partial charge in [-0.1, -0.05) is 19.8 Å². The average molecular weight is 367 g/mol. The molecule has 27 heavy (non-hydrogen) atoms. The fourth-order valence-corrected chi connectivity index (χ4v) is 6.57. The van der Waals surface area contributed by atoms with Crippen molar-refractivity contribution in [3.63, 3.8) is 0 Å². The molecule has 4 aliphatic carbocycles. The molecule has 0 unspecified atom stereocenters. The van der Waals surface area contributed by atoms with Crippen molar-refractivity contribution in [2.45, 2.75) is 76.5 Å². The second kappa shape index (κ2) is 6.32. The number of aromatic nitrogens is 3. The quantitative estimate of drug-likeness (QED) is 0.756. The van der Waals surface area contributed by atoms with Crippen LogP contribution >= 0.6 is 0 Å². The number of carboxylic acids is 1. The van der Waals surface area contributed by atoms with Gasteiger partial charge in [0.25, 0.3) is 0 Å². The average Bonchev–Trinajstić information content (AvgIpc) is 3.05. The molecule has 2 aromatic rings. The van der Waals surface area contributed by atoms with Crippen molar-refractivity contribution in [1.82, 2.24) is 14.6 Å². The summed E-state index contributed by atoms with van der Waals surface area (Å²) in [5, 5.41) is 13.7. The van der Waals surface area contributed by atoms with Crippen molar-refractivity contribution < 1.29 is 9.90 Å². The molecule has 2 heterocycles. The molecule has 0 spiro atoms. The van der Waals surface area contributed by atoms with Crippen LogP contribution in [0.1, 0.15) is 86.6 Å². The van der Waals surface area contributed by atoms with Gasteiger partial charge in [-0.25, -0.2) is 14.3 Å². The van der Waals surface area contributed by atoms with Crippen molar-refractivity contribution in [3.05, 3.63) is 29.2 Å². The van der Waals surface area contributed by atoms with Crippen LogP contribution in [0.5, 0.6) is 0 Å². The van der Waals surface area contributed by atoms with Crippen molar-refractivity contribution in [2.75, 3.05) is 0 Å². The van der Waals surface area contributed by atoms with Gasteiger partial charge in [0.15, 0.2) is 11.3 Å². The van der Waals surface area contributed by atoms with Crippen LogP contribution in [0.2, 0.25) is 0 Å². The van der Waals surface area contributed by atoms with Gasteiger partial charge >= 0.3 is 5.97 Å². The first kappa shape index (κ1) is 17.2. The molecule has 0 aromatic carbocycles. The molecule has 6 rings (SSSR count). The maximum absolute atomic E-state index is 11.4. The Kier molecular flexibility index (Phi) is 4.03. The summed E-state index contributed by atoms with van der Waals surface area (Å²) < 4.78 is 1.78. The van der Waals surface area contributed by atoms with Gasteiger partial charge in [-0.15, -0.1) is 0 Å². The number of unbranched alkanes of at least 4 members (excludes halogenated alkanes) is 2. The fraction of sp³-hybridized carbons (Fsp3) is 0.682. The number of fused-ring (bicyclic) bond motifs is 1. The number of aryl methyl sites for hydroxylation is 1. The Morgan fingerprint density at radius 2 is 1.81 bits per heavy atom. The molecule has 5 nitrogen and oxygen atoms in total. The Hall–Kier alpha value is -1.91. The van der Waals surface area contributed by atoms with Crippen molar-refractivity contribution in [2.24, 2.45) is 17.8 Å². The van der Waals surface area contributed by atoms with Crippen LogP contribution in [-0.4, -0.2) is 25.7 Å². The summed E-state index contributed by atoms with van der Waals surface area (Å²) in [5.74, 6) is 1.64. The maximum Gasteiger partial charge on any atom is 0.356 e. The molecule has 4 bridgehead atoms. The van der Waals surface area contributed by atoms with E-state index in [0.717, 1.165) is 36.3 Å². The topological polar surface area (TPSA) is 67.5 Å². The SMILES string of the molecule is CCCCCc1cc(C23CC4CC(CC(C4)C2)C3)nc2cc(C(=O)O)nn12. The van der Waals surface area contributed by atoms with Crippen LogP contribution in [0.15, 0.2) is 12.1 Å². The molecule has 0 radical (unpaired) electrons. The lowest BCUT2D eigenvalue weighted by atomic mass is 9.49. The van der Waals surface area contributed by atoms with Gasteiger partial charge in [-0.2, -0.15) is 5.10 Å². The third-order valence-electron chi connectivity index (χ3n) is 7.34. The number of carbonyl (C=O) groups is 1. The second-order valence-corrected chi connectivity index (χ2v) is 9.39. The van der Waals surface area contributed by atoms with E-state index in [1.165, 1.54) is 57.1 Å². The second-order valence-electron chi connectivity index (χ2n) is 9.39. The number of rotatable bonds is 6. The van der Waals surface area contributed by atoms with Crippen LogP contribution < -0.4 is 0 Å². The summed E-state index contributed by atoms with van der Waals surface area (Å²) in [6.07, 6.45) is 12.5. The number of hydrogen-bond donors (Lipinski definition) is 1. The van der Waals surface area contributed by atoms with Crippen LogP contribution in [0.25, 0.3) is 5.65 Å². The minimum absolute atomic E-state index is 0.0990. The normalized spacial score (nSPS) is 31.7. The van der Waals surface area contributed by atoms with Crippen LogP contribution in [0.4, 0.5) is 0 Å². The predicted molar refractivity (Wildman–Crippen MR) is 103 cm³/mol. The Labute approximate surface area is 160 Å². The molecule has 0 aliphatic heterocycles. The Morgan fingerprint density at radius 3 is 2.41 bits per heavy atom. The monoisotopic (exact) mass is 367 g/mol. The first-order chi connectivity index (χ1) is 13.1. The van der Waals surface area contributed by atoms with Crippen LogP contribution in [0.3, 0.4) is 0 Å². The number of carboxylic acid groups (broad SMARTS) is 1. The van der Waals surface area contributed by atoms with E-state index in [1.807, 2.05) is 0 Å². The minimum Gasteiger partial charge on any atom is -0.476 e. The highest BCUT2D eigenvalue weighted by Gasteiger charge is 2.52. The standard InChI is InChI=1S/C22H29N3O2/c1-2-3-4-5-17-9-19(23-20-10-18(21(26)27)24-25(17)20)22-11-14-6-15(12-22)8-16(7-14)13-22/h9-10,14-16H,2-8,11-13H2,1H3,(H,26,27). The first-order valence-electron chi connectivity index (χ1n) is 10.7. The van der Waals surface area contributed by atoms with Gasteiger partial charge in [0, 0.05) is 17.2 Å². The molecule has 4 fully saturated rings. The maximum atomic E-state index is 11.4. The Balaban J connectivity index is 1.59. The Bertz CT molecular complexity index is 850. The molecule has 4 aliphatic rings. The van der Waals surface area contributed by atoms with Gasteiger partial charge in [0.05, 0.1) is 5.69 Å². The van der Waals surface area contributed by atoms with E-state index in [2.05, 4.69) is 18.1 Å². The molecule has 2 aromatic heterocycles. The molecule has 1 N–H and O–H groups in total. The number of hydrogen-bond acceptors (Lipinski definition) is 3. The lowest BCUT2D eigenvalue weighted by molar-refractivity contribution is -0.00719. The number of nitrogens with zero attached hydrogens (tertiary/aromatic N) is 3. The van der Waals surface area contributed by atoms with E-state index in [9.17, 15) is 9.90 Å². The fourth-order valence-electron chi connectivity index (χ4n) is 6.57. The highest BCUT2D eigenvalue weighted by atomic mass is 16.4.